The summed E-state index contributed by atoms with van der Waals surface area (Å²) in [7, 11) is 1.61. The standard InChI is InChI=1S/C22H24N4O3/c1-3-16-4-6-17(7-5-16)25-22-24-13-12-20(26-22)21(27)23-14-15-29-19-10-8-18(28-2)9-11-19/h4-13H,3,14-15H2,1-2H3,(H,23,27)(H,24,25,26). The SMILES string of the molecule is CCc1ccc(Nc2nccc(C(=O)NCCOc3ccc(OC)cc3)n2)cc1. The molecule has 0 aliphatic heterocycles. The van der Waals surface area contributed by atoms with Gasteiger partial charge in [0.05, 0.1) is 13.7 Å². The smallest absolute Gasteiger partial charge is 0.270 e. The zero-order valence-electron chi connectivity index (χ0n) is 16.5. The second kappa shape index (κ2) is 10.1. The number of ether oxygens (including phenoxy) is 2. The van der Waals surface area contributed by atoms with E-state index < -0.39 is 0 Å². The van der Waals surface area contributed by atoms with Gasteiger partial charge in [-0.1, -0.05) is 19.1 Å². The Morgan fingerprint density at radius 2 is 1.72 bits per heavy atom. The molecule has 3 aromatic rings. The third-order valence-electron chi connectivity index (χ3n) is 4.22. The highest BCUT2D eigenvalue weighted by atomic mass is 16.5. The first-order valence-electron chi connectivity index (χ1n) is 9.42. The van der Waals surface area contributed by atoms with Crippen molar-refractivity contribution < 1.29 is 14.3 Å². The Bertz CT molecular complexity index is 928. The molecule has 0 aliphatic rings. The molecule has 1 amide bonds. The van der Waals surface area contributed by atoms with E-state index in [0.29, 0.717) is 24.8 Å². The molecule has 0 aliphatic carbocycles. The zero-order valence-corrected chi connectivity index (χ0v) is 16.5. The summed E-state index contributed by atoms with van der Waals surface area (Å²) in [6.45, 7) is 2.81. The van der Waals surface area contributed by atoms with E-state index in [-0.39, 0.29) is 11.6 Å². The Kier molecular flexibility index (Phi) is 7.00. The first-order chi connectivity index (χ1) is 14.2. The van der Waals surface area contributed by atoms with Gasteiger partial charge in [-0.15, -0.1) is 0 Å². The maximum Gasteiger partial charge on any atom is 0.270 e. The van der Waals surface area contributed by atoms with Gasteiger partial charge in [-0.3, -0.25) is 4.79 Å². The number of carbonyl (C=O) groups excluding carboxylic acids is 1. The van der Waals surface area contributed by atoms with Gasteiger partial charge in [0.25, 0.3) is 5.91 Å². The van der Waals surface area contributed by atoms with Gasteiger partial charge in [-0.05, 0) is 54.4 Å². The molecule has 29 heavy (non-hydrogen) atoms. The molecule has 1 aromatic heterocycles. The summed E-state index contributed by atoms with van der Waals surface area (Å²) >= 11 is 0. The van der Waals surface area contributed by atoms with Crippen LogP contribution in [0.3, 0.4) is 0 Å². The highest BCUT2D eigenvalue weighted by molar-refractivity contribution is 5.92. The van der Waals surface area contributed by atoms with E-state index in [0.717, 1.165) is 17.9 Å². The van der Waals surface area contributed by atoms with Crippen LogP contribution in [0.1, 0.15) is 23.0 Å². The van der Waals surface area contributed by atoms with E-state index >= 15 is 0 Å². The number of hydrogen-bond donors (Lipinski definition) is 2. The van der Waals surface area contributed by atoms with Gasteiger partial charge in [0.15, 0.2) is 0 Å². The molecule has 0 saturated heterocycles. The summed E-state index contributed by atoms with van der Waals surface area (Å²) in [4.78, 5) is 20.8. The molecule has 7 nitrogen and oxygen atoms in total. The Labute approximate surface area is 170 Å². The van der Waals surface area contributed by atoms with E-state index in [1.54, 1.807) is 19.4 Å². The minimum Gasteiger partial charge on any atom is -0.497 e. The summed E-state index contributed by atoms with van der Waals surface area (Å²) in [5, 5.41) is 5.90. The second-order valence-electron chi connectivity index (χ2n) is 6.22. The van der Waals surface area contributed by atoms with Crippen LogP contribution in [0.25, 0.3) is 0 Å². The summed E-state index contributed by atoms with van der Waals surface area (Å²) in [5.74, 6) is 1.56. The number of aromatic nitrogens is 2. The van der Waals surface area contributed by atoms with Crippen molar-refractivity contribution in [2.75, 3.05) is 25.6 Å². The van der Waals surface area contributed by atoms with Crippen molar-refractivity contribution in [1.29, 1.82) is 0 Å². The van der Waals surface area contributed by atoms with Crippen LogP contribution in [0.4, 0.5) is 11.6 Å². The number of amides is 1. The third-order valence-corrected chi connectivity index (χ3v) is 4.22. The Hall–Kier alpha value is -3.61. The number of nitrogens with one attached hydrogen (secondary N) is 2. The van der Waals surface area contributed by atoms with E-state index in [2.05, 4.69) is 27.5 Å². The Balaban J connectivity index is 1.49. The van der Waals surface area contributed by atoms with Crippen molar-refractivity contribution in [3.05, 3.63) is 72.1 Å². The highest BCUT2D eigenvalue weighted by Gasteiger charge is 2.09. The molecule has 7 heteroatoms. The predicted octanol–water partition coefficient (Wildman–Crippen LogP) is 3.60. The van der Waals surface area contributed by atoms with Gasteiger partial charge >= 0.3 is 0 Å². The number of aryl methyl sites for hydroxylation is 1. The number of anilines is 2. The minimum absolute atomic E-state index is 0.282. The molecule has 0 spiro atoms. The van der Waals surface area contributed by atoms with Gasteiger partial charge in [-0.2, -0.15) is 0 Å². The summed E-state index contributed by atoms with van der Waals surface area (Å²) in [6.07, 6.45) is 2.53. The molecule has 0 saturated carbocycles. The number of rotatable bonds is 9. The molecule has 0 atom stereocenters. The van der Waals surface area contributed by atoms with E-state index in [9.17, 15) is 4.79 Å². The topological polar surface area (TPSA) is 85.4 Å². The molecular formula is C22H24N4O3. The quantitative estimate of drug-likeness (QED) is 0.541. The van der Waals surface area contributed by atoms with E-state index in [4.69, 9.17) is 9.47 Å². The lowest BCUT2D eigenvalue weighted by molar-refractivity contribution is 0.0942. The number of hydrogen-bond acceptors (Lipinski definition) is 6. The van der Waals surface area contributed by atoms with Crippen LogP contribution in [0, 0.1) is 0 Å². The number of methoxy groups -OCH3 is 1. The van der Waals surface area contributed by atoms with E-state index in [1.807, 2.05) is 48.5 Å². The molecule has 2 N–H and O–H groups in total. The van der Waals surface area contributed by atoms with Crippen molar-refractivity contribution in [3.63, 3.8) is 0 Å². The largest absolute Gasteiger partial charge is 0.497 e. The van der Waals surface area contributed by atoms with Crippen LogP contribution in [0.2, 0.25) is 0 Å². The maximum atomic E-state index is 12.3. The van der Waals surface area contributed by atoms with Crippen LogP contribution >= 0.6 is 0 Å². The zero-order chi connectivity index (χ0) is 20.5. The second-order valence-corrected chi connectivity index (χ2v) is 6.22. The maximum absolute atomic E-state index is 12.3. The van der Waals surface area contributed by atoms with Crippen LogP contribution in [0.15, 0.2) is 60.8 Å². The van der Waals surface area contributed by atoms with Gasteiger partial charge < -0.3 is 20.1 Å². The molecule has 3 rings (SSSR count). The monoisotopic (exact) mass is 392 g/mol. The van der Waals surface area contributed by atoms with Gasteiger partial charge in [-0.25, -0.2) is 9.97 Å². The molecular weight excluding hydrogens is 368 g/mol. The normalized spacial score (nSPS) is 10.3. The highest BCUT2D eigenvalue weighted by Crippen LogP contribution is 2.17. The summed E-state index contributed by atoms with van der Waals surface area (Å²) in [6, 6.07) is 16.9. The van der Waals surface area contributed by atoms with Gasteiger partial charge in [0.1, 0.15) is 23.8 Å². The first-order valence-corrected chi connectivity index (χ1v) is 9.42. The van der Waals surface area contributed by atoms with Gasteiger partial charge in [0, 0.05) is 11.9 Å². The number of nitrogens with zero attached hydrogens (tertiary/aromatic N) is 2. The fourth-order valence-corrected chi connectivity index (χ4v) is 2.59. The average molecular weight is 392 g/mol. The molecule has 0 fully saturated rings. The molecule has 0 bridgehead atoms. The molecule has 150 valence electrons. The minimum atomic E-state index is -0.282. The lowest BCUT2D eigenvalue weighted by Gasteiger charge is -2.09. The third kappa shape index (κ3) is 5.93. The summed E-state index contributed by atoms with van der Waals surface area (Å²) in [5.41, 5.74) is 2.41. The molecule has 2 aromatic carbocycles. The number of benzene rings is 2. The van der Waals surface area contributed by atoms with Crippen LogP contribution in [-0.2, 0) is 6.42 Å². The fraction of sp³-hybridized carbons (Fsp3) is 0.227. The molecule has 0 radical (unpaired) electrons. The van der Waals surface area contributed by atoms with E-state index in [1.165, 1.54) is 5.56 Å². The Morgan fingerprint density at radius 3 is 2.41 bits per heavy atom. The first kappa shape index (κ1) is 20.1. The summed E-state index contributed by atoms with van der Waals surface area (Å²) < 4.78 is 10.7. The lowest BCUT2D eigenvalue weighted by atomic mass is 10.1. The van der Waals surface area contributed by atoms with Crippen molar-refractivity contribution in [1.82, 2.24) is 15.3 Å². The average Bonchev–Trinajstić information content (AvgIpc) is 2.77. The van der Waals surface area contributed by atoms with Crippen LogP contribution < -0.4 is 20.1 Å². The van der Waals surface area contributed by atoms with Crippen molar-refractivity contribution in [2.45, 2.75) is 13.3 Å². The number of carbonyl (C=O) groups is 1. The molecule has 1 heterocycles. The molecule has 0 unspecified atom stereocenters. The lowest BCUT2D eigenvalue weighted by Crippen LogP contribution is -2.29. The van der Waals surface area contributed by atoms with Crippen molar-refractivity contribution >= 4 is 17.5 Å². The van der Waals surface area contributed by atoms with Crippen molar-refractivity contribution in [3.8, 4) is 11.5 Å². The van der Waals surface area contributed by atoms with Crippen LogP contribution in [0.5, 0.6) is 11.5 Å². The Morgan fingerprint density at radius 1 is 1.00 bits per heavy atom. The predicted molar refractivity (Wildman–Crippen MR) is 112 cm³/mol. The fourth-order valence-electron chi connectivity index (χ4n) is 2.59. The van der Waals surface area contributed by atoms with Crippen LogP contribution in [-0.4, -0.2) is 36.1 Å². The van der Waals surface area contributed by atoms with Crippen molar-refractivity contribution in [2.24, 2.45) is 0 Å². The van der Waals surface area contributed by atoms with Gasteiger partial charge in [0.2, 0.25) is 5.95 Å².